The number of H-pyrrole nitrogens is 1. The highest BCUT2D eigenvalue weighted by atomic mass is 16.1. The molecule has 0 atom stereocenters. The van der Waals surface area contributed by atoms with E-state index in [-0.39, 0.29) is 11.8 Å². The second-order valence-corrected chi connectivity index (χ2v) is 4.52. The summed E-state index contributed by atoms with van der Waals surface area (Å²) in [4.78, 5) is 11.9. The summed E-state index contributed by atoms with van der Waals surface area (Å²) >= 11 is 0. The van der Waals surface area contributed by atoms with Crippen LogP contribution in [-0.4, -0.2) is 16.1 Å². The first-order valence-corrected chi connectivity index (χ1v) is 6.44. The van der Waals surface area contributed by atoms with E-state index in [9.17, 15) is 4.79 Å². The number of rotatable bonds is 5. The monoisotopic (exact) mass is 245 g/mol. The van der Waals surface area contributed by atoms with Crippen LogP contribution >= 0.6 is 0 Å². The third-order valence-electron chi connectivity index (χ3n) is 3.33. The highest BCUT2D eigenvalue weighted by Gasteiger charge is 2.13. The molecule has 1 aromatic carbocycles. The van der Waals surface area contributed by atoms with E-state index in [1.165, 1.54) is 0 Å². The van der Waals surface area contributed by atoms with Crippen molar-refractivity contribution in [2.75, 3.05) is 0 Å². The van der Waals surface area contributed by atoms with E-state index in [2.05, 4.69) is 15.5 Å². The number of aromatic nitrogens is 2. The fourth-order valence-electron chi connectivity index (χ4n) is 2.10. The first kappa shape index (κ1) is 12.6. The Bertz CT molecular complexity index is 529. The lowest BCUT2D eigenvalue weighted by Crippen LogP contribution is -2.29. The van der Waals surface area contributed by atoms with Gasteiger partial charge in [-0.25, -0.2) is 0 Å². The van der Waals surface area contributed by atoms with Crippen LogP contribution in [0.4, 0.5) is 0 Å². The lowest BCUT2D eigenvalue weighted by Gasteiger charge is -2.12. The van der Waals surface area contributed by atoms with E-state index in [0.717, 1.165) is 29.3 Å². The van der Waals surface area contributed by atoms with Gasteiger partial charge in [0, 0.05) is 17.8 Å². The second kappa shape index (κ2) is 5.67. The average Bonchev–Trinajstić information content (AvgIpc) is 2.85. The zero-order valence-electron chi connectivity index (χ0n) is 10.9. The topological polar surface area (TPSA) is 57.8 Å². The van der Waals surface area contributed by atoms with E-state index in [4.69, 9.17) is 0 Å². The van der Waals surface area contributed by atoms with Crippen LogP contribution in [0, 0.1) is 5.92 Å². The molecular formula is C14H19N3O. The molecule has 0 aliphatic carbocycles. The van der Waals surface area contributed by atoms with Crippen molar-refractivity contribution in [1.82, 2.24) is 15.5 Å². The predicted molar refractivity (Wildman–Crippen MR) is 72.0 cm³/mol. The fourth-order valence-corrected chi connectivity index (χ4v) is 2.10. The molecule has 0 fully saturated rings. The molecule has 0 saturated carbocycles. The molecule has 0 bridgehead atoms. The number of carbonyl (C=O) groups is 1. The first-order chi connectivity index (χ1) is 8.74. The molecule has 96 valence electrons. The van der Waals surface area contributed by atoms with Gasteiger partial charge in [0.1, 0.15) is 0 Å². The zero-order chi connectivity index (χ0) is 13.0. The van der Waals surface area contributed by atoms with Gasteiger partial charge < -0.3 is 5.32 Å². The number of hydrogen-bond donors (Lipinski definition) is 2. The Morgan fingerprint density at radius 3 is 2.89 bits per heavy atom. The Morgan fingerprint density at radius 1 is 1.39 bits per heavy atom. The molecule has 2 aromatic rings. The SMILES string of the molecule is CCC(CC)C(=O)NCc1ccc2[nH]ncc2c1. The summed E-state index contributed by atoms with van der Waals surface area (Å²) in [5.41, 5.74) is 2.12. The molecule has 4 nitrogen and oxygen atoms in total. The molecule has 1 amide bonds. The number of carbonyl (C=O) groups excluding carboxylic acids is 1. The van der Waals surface area contributed by atoms with Gasteiger partial charge in [0.25, 0.3) is 0 Å². The Hall–Kier alpha value is -1.84. The molecular weight excluding hydrogens is 226 g/mol. The first-order valence-electron chi connectivity index (χ1n) is 6.44. The maximum Gasteiger partial charge on any atom is 0.223 e. The number of benzene rings is 1. The standard InChI is InChI=1S/C14H19N3O/c1-3-11(4-2)14(18)15-8-10-5-6-13-12(7-10)9-16-17-13/h5-7,9,11H,3-4,8H2,1-2H3,(H,15,18)(H,16,17). The van der Waals surface area contributed by atoms with Gasteiger partial charge in [0.15, 0.2) is 0 Å². The summed E-state index contributed by atoms with van der Waals surface area (Å²) in [7, 11) is 0. The van der Waals surface area contributed by atoms with Crippen molar-refractivity contribution in [3.05, 3.63) is 30.0 Å². The van der Waals surface area contributed by atoms with Crippen LogP contribution in [0.25, 0.3) is 10.9 Å². The number of amides is 1. The molecule has 0 radical (unpaired) electrons. The molecule has 0 saturated heterocycles. The Labute approximate surface area is 107 Å². The van der Waals surface area contributed by atoms with Crippen LogP contribution in [0.15, 0.2) is 24.4 Å². The normalized spacial score (nSPS) is 11.1. The van der Waals surface area contributed by atoms with E-state index in [1.54, 1.807) is 6.20 Å². The maximum atomic E-state index is 11.9. The third kappa shape index (κ3) is 2.70. The van der Waals surface area contributed by atoms with Crippen LogP contribution in [0.2, 0.25) is 0 Å². The smallest absolute Gasteiger partial charge is 0.223 e. The minimum atomic E-state index is 0.127. The van der Waals surface area contributed by atoms with Crippen molar-refractivity contribution in [2.45, 2.75) is 33.2 Å². The number of nitrogens with one attached hydrogen (secondary N) is 2. The quantitative estimate of drug-likeness (QED) is 0.850. The third-order valence-corrected chi connectivity index (χ3v) is 3.33. The maximum absolute atomic E-state index is 11.9. The van der Waals surface area contributed by atoms with Gasteiger partial charge in [0.2, 0.25) is 5.91 Å². The minimum absolute atomic E-state index is 0.127. The summed E-state index contributed by atoms with van der Waals surface area (Å²) in [6.45, 7) is 4.67. The Balaban J connectivity index is 1.99. The van der Waals surface area contributed by atoms with Crippen LogP contribution < -0.4 is 5.32 Å². The highest BCUT2D eigenvalue weighted by molar-refractivity contribution is 5.80. The van der Waals surface area contributed by atoms with Crippen molar-refractivity contribution in [3.8, 4) is 0 Å². The molecule has 1 heterocycles. The Kier molecular flexibility index (Phi) is 3.97. The molecule has 18 heavy (non-hydrogen) atoms. The van der Waals surface area contributed by atoms with Crippen LogP contribution in [0.1, 0.15) is 32.3 Å². The minimum Gasteiger partial charge on any atom is -0.352 e. The van der Waals surface area contributed by atoms with Crippen molar-refractivity contribution in [3.63, 3.8) is 0 Å². The predicted octanol–water partition coefficient (Wildman–Crippen LogP) is 2.62. The molecule has 2 rings (SSSR count). The molecule has 0 unspecified atom stereocenters. The Morgan fingerprint density at radius 2 is 2.17 bits per heavy atom. The second-order valence-electron chi connectivity index (χ2n) is 4.52. The average molecular weight is 245 g/mol. The lowest BCUT2D eigenvalue weighted by molar-refractivity contribution is -0.125. The molecule has 0 spiro atoms. The van der Waals surface area contributed by atoms with Gasteiger partial charge in [-0.05, 0) is 30.5 Å². The molecule has 0 aliphatic heterocycles. The van der Waals surface area contributed by atoms with Crippen molar-refractivity contribution in [2.24, 2.45) is 5.92 Å². The van der Waals surface area contributed by atoms with Gasteiger partial charge in [-0.3, -0.25) is 9.89 Å². The lowest BCUT2D eigenvalue weighted by atomic mass is 10.0. The molecule has 1 aromatic heterocycles. The van der Waals surface area contributed by atoms with Gasteiger partial charge in [-0.15, -0.1) is 0 Å². The molecule has 0 aliphatic rings. The van der Waals surface area contributed by atoms with Gasteiger partial charge in [0.05, 0.1) is 11.7 Å². The van der Waals surface area contributed by atoms with Crippen LogP contribution in [0.5, 0.6) is 0 Å². The summed E-state index contributed by atoms with van der Waals surface area (Å²) in [5, 5.41) is 11.0. The van der Waals surface area contributed by atoms with Gasteiger partial charge in [-0.2, -0.15) is 5.10 Å². The zero-order valence-corrected chi connectivity index (χ0v) is 10.9. The van der Waals surface area contributed by atoms with E-state index in [0.29, 0.717) is 6.54 Å². The molecule has 4 heteroatoms. The number of nitrogens with zero attached hydrogens (tertiary/aromatic N) is 1. The summed E-state index contributed by atoms with van der Waals surface area (Å²) in [6.07, 6.45) is 3.58. The summed E-state index contributed by atoms with van der Waals surface area (Å²) in [6, 6.07) is 6.04. The van der Waals surface area contributed by atoms with Crippen LogP contribution in [-0.2, 0) is 11.3 Å². The number of hydrogen-bond acceptors (Lipinski definition) is 2. The van der Waals surface area contributed by atoms with Crippen molar-refractivity contribution >= 4 is 16.8 Å². The molecule has 2 N–H and O–H groups in total. The van der Waals surface area contributed by atoms with E-state index < -0.39 is 0 Å². The largest absolute Gasteiger partial charge is 0.352 e. The van der Waals surface area contributed by atoms with E-state index in [1.807, 2.05) is 32.0 Å². The fraction of sp³-hybridized carbons (Fsp3) is 0.429. The van der Waals surface area contributed by atoms with Gasteiger partial charge in [-0.1, -0.05) is 19.9 Å². The highest BCUT2D eigenvalue weighted by Crippen LogP contribution is 2.13. The number of aromatic amines is 1. The van der Waals surface area contributed by atoms with E-state index >= 15 is 0 Å². The van der Waals surface area contributed by atoms with Crippen molar-refractivity contribution in [1.29, 1.82) is 0 Å². The number of fused-ring (bicyclic) bond motifs is 1. The van der Waals surface area contributed by atoms with Crippen LogP contribution in [0.3, 0.4) is 0 Å². The van der Waals surface area contributed by atoms with Gasteiger partial charge >= 0.3 is 0 Å². The summed E-state index contributed by atoms with van der Waals surface area (Å²) < 4.78 is 0. The van der Waals surface area contributed by atoms with Crippen molar-refractivity contribution < 1.29 is 4.79 Å². The summed E-state index contributed by atoms with van der Waals surface area (Å²) in [5.74, 6) is 0.273.